The van der Waals surface area contributed by atoms with E-state index < -0.39 is 30.1 Å². The number of ether oxygens (including phenoxy) is 1. The Labute approximate surface area is 138 Å². The van der Waals surface area contributed by atoms with E-state index in [1.165, 1.54) is 12.1 Å². The van der Waals surface area contributed by atoms with Crippen molar-refractivity contribution in [1.29, 1.82) is 0 Å². The van der Waals surface area contributed by atoms with Gasteiger partial charge in [-0.1, -0.05) is 15.9 Å². The molecule has 0 saturated carbocycles. The number of nitrogens with two attached hydrogens (primary N) is 1. The van der Waals surface area contributed by atoms with Gasteiger partial charge in [0, 0.05) is 16.2 Å². The topological polar surface area (TPSA) is 81.4 Å². The van der Waals surface area contributed by atoms with Crippen LogP contribution in [0.2, 0.25) is 0 Å². The van der Waals surface area contributed by atoms with E-state index in [0.29, 0.717) is 4.47 Å². The molecule has 3 N–H and O–H groups in total. The highest BCUT2D eigenvalue weighted by atomic mass is 79.9. The molecule has 2 aromatic carbocycles. The first kappa shape index (κ1) is 16.9. The van der Waals surface area contributed by atoms with Crippen molar-refractivity contribution in [2.75, 3.05) is 17.7 Å². The summed E-state index contributed by atoms with van der Waals surface area (Å²) in [6.45, 7) is -0.666. The highest BCUT2D eigenvalue weighted by Crippen LogP contribution is 2.19. The number of nitrogen functional groups attached to an aromatic ring is 1. The molecule has 0 aliphatic rings. The number of anilines is 2. The van der Waals surface area contributed by atoms with Gasteiger partial charge in [-0.25, -0.2) is 13.6 Å². The molecule has 0 aliphatic heterocycles. The molecule has 8 heteroatoms. The molecule has 5 nitrogen and oxygen atoms in total. The molecule has 0 aromatic heterocycles. The average Bonchev–Trinajstić information content (AvgIpc) is 2.51. The molecule has 2 aromatic rings. The minimum atomic E-state index is -0.809. The Bertz CT molecular complexity index is 768. The SMILES string of the molecule is Nc1ccc(Br)cc1C(=O)OCC(=O)Nc1cc(F)ccc1F. The van der Waals surface area contributed by atoms with Gasteiger partial charge in [0.1, 0.15) is 11.6 Å². The van der Waals surface area contributed by atoms with E-state index in [1.54, 1.807) is 6.07 Å². The Balaban J connectivity index is 1.97. The largest absolute Gasteiger partial charge is 0.452 e. The van der Waals surface area contributed by atoms with Crippen molar-refractivity contribution in [3.8, 4) is 0 Å². The van der Waals surface area contributed by atoms with Gasteiger partial charge in [0.15, 0.2) is 6.61 Å². The molecule has 0 aliphatic carbocycles. The van der Waals surface area contributed by atoms with Crippen LogP contribution in [-0.2, 0) is 9.53 Å². The summed E-state index contributed by atoms with van der Waals surface area (Å²) in [5.74, 6) is -3.13. The fourth-order valence-corrected chi connectivity index (χ4v) is 2.05. The Morgan fingerprint density at radius 2 is 1.91 bits per heavy atom. The summed E-state index contributed by atoms with van der Waals surface area (Å²) in [7, 11) is 0. The average molecular weight is 385 g/mol. The van der Waals surface area contributed by atoms with E-state index >= 15 is 0 Å². The second kappa shape index (κ2) is 7.19. The Hall–Kier alpha value is -2.48. The zero-order chi connectivity index (χ0) is 17.0. The number of halogens is 3. The number of carbonyl (C=O) groups excluding carboxylic acids is 2. The van der Waals surface area contributed by atoms with Crippen LogP contribution in [0.3, 0.4) is 0 Å². The van der Waals surface area contributed by atoms with Crippen LogP contribution < -0.4 is 11.1 Å². The van der Waals surface area contributed by atoms with Crippen molar-refractivity contribution in [2.24, 2.45) is 0 Å². The molecule has 0 bridgehead atoms. The highest BCUT2D eigenvalue weighted by molar-refractivity contribution is 9.10. The molecule has 120 valence electrons. The fraction of sp³-hybridized carbons (Fsp3) is 0.0667. The van der Waals surface area contributed by atoms with Crippen LogP contribution in [0.4, 0.5) is 20.2 Å². The van der Waals surface area contributed by atoms with Crippen molar-refractivity contribution in [1.82, 2.24) is 0 Å². The molecule has 0 spiro atoms. The van der Waals surface area contributed by atoms with Crippen molar-refractivity contribution < 1.29 is 23.1 Å². The summed E-state index contributed by atoms with van der Waals surface area (Å²) in [6, 6.07) is 7.21. The first-order valence-electron chi connectivity index (χ1n) is 6.34. The number of rotatable bonds is 4. The summed E-state index contributed by atoms with van der Waals surface area (Å²) in [6.07, 6.45) is 0. The Morgan fingerprint density at radius 3 is 2.65 bits per heavy atom. The lowest BCUT2D eigenvalue weighted by Gasteiger charge is -2.09. The second-order valence-corrected chi connectivity index (χ2v) is 5.40. The maximum atomic E-state index is 13.4. The number of amides is 1. The van der Waals surface area contributed by atoms with Gasteiger partial charge in [-0.2, -0.15) is 0 Å². The zero-order valence-electron chi connectivity index (χ0n) is 11.6. The lowest BCUT2D eigenvalue weighted by molar-refractivity contribution is -0.119. The molecular formula is C15H11BrF2N2O3. The highest BCUT2D eigenvalue weighted by Gasteiger charge is 2.15. The van der Waals surface area contributed by atoms with Gasteiger partial charge in [-0.15, -0.1) is 0 Å². The molecule has 0 heterocycles. The predicted molar refractivity (Wildman–Crippen MR) is 83.8 cm³/mol. The van der Waals surface area contributed by atoms with E-state index in [9.17, 15) is 18.4 Å². The van der Waals surface area contributed by atoms with Crippen LogP contribution in [0.15, 0.2) is 40.9 Å². The third-order valence-corrected chi connectivity index (χ3v) is 3.27. The molecule has 0 fully saturated rings. The molecular weight excluding hydrogens is 374 g/mol. The van der Waals surface area contributed by atoms with Gasteiger partial charge in [0.2, 0.25) is 0 Å². The summed E-state index contributed by atoms with van der Waals surface area (Å²) in [4.78, 5) is 23.5. The van der Waals surface area contributed by atoms with Gasteiger partial charge < -0.3 is 15.8 Å². The quantitative estimate of drug-likeness (QED) is 0.626. The van der Waals surface area contributed by atoms with Gasteiger partial charge in [-0.3, -0.25) is 4.79 Å². The molecule has 0 saturated heterocycles. The van der Waals surface area contributed by atoms with Crippen LogP contribution in [0.1, 0.15) is 10.4 Å². The maximum Gasteiger partial charge on any atom is 0.340 e. The molecule has 0 atom stereocenters. The minimum absolute atomic E-state index is 0.0871. The van der Waals surface area contributed by atoms with Gasteiger partial charge >= 0.3 is 5.97 Å². The Kier molecular flexibility index (Phi) is 5.28. The third kappa shape index (κ3) is 4.49. The van der Waals surface area contributed by atoms with E-state index in [4.69, 9.17) is 10.5 Å². The fourth-order valence-electron chi connectivity index (χ4n) is 1.69. The number of hydrogen-bond donors (Lipinski definition) is 2. The lowest BCUT2D eigenvalue weighted by Crippen LogP contribution is -2.22. The van der Waals surface area contributed by atoms with Crippen LogP contribution in [0.5, 0.6) is 0 Å². The van der Waals surface area contributed by atoms with Crippen molar-refractivity contribution >= 4 is 39.2 Å². The normalized spacial score (nSPS) is 10.2. The molecule has 2 rings (SSSR count). The number of benzene rings is 2. The van der Waals surface area contributed by atoms with Crippen LogP contribution in [-0.4, -0.2) is 18.5 Å². The molecule has 0 unspecified atom stereocenters. The third-order valence-electron chi connectivity index (χ3n) is 2.77. The van der Waals surface area contributed by atoms with Crippen LogP contribution in [0, 0.1) is 11.6 Å². The number of carbonyl (C=O) groups is 2. The summed E-state index contributed by atoms with van der Waals surface area (Å²) in [5, 5.41) is 2.11. The maximum absolute atomic E-state index is 13.4. The van der Waals surface area contributed by atoms with Gasteiger partial charge in [0.25, 0.3) is 5.91 Å². The van der Waals surface area contributed by atoms with E-state index in [2.05, 4.69) is 21.2 Å². The van der Waals surface area contributed by atoms with E-state index in [1.807, 2.05) is 0 Å². The number of nitrogens with one attached hydrogen (secondary N) is 1. The van der Waals surface area contributed by atoms with E-state index in [-0.39, 0.29) is 16.9 Å². The van der Waals surface area contributed by atoms with Crippen LogP contribution in [0.25, 0.3) is 0 Å². The standard InChI is InChI=1S/C15H11BrF2N2O3/c16-8-1-4-12(19)10(5-8)15(22)23-7-14(21)20-13-6-9(17)2-3-11(13)18/h1-6H,7,19H2,(H,20,21). The molecule has 23 heavy (non-hydrogen) atoms. The first-order valence-corrected chi connectivity index (χ1v) is 7.13. The number of hydrogen-bond acceptors (Lipinski definition) is 4. The second-order valence-electron chi connectivity index (χ2n) is 4.48. The molecule has 1 amide bonds. The van der Waals surface area contributed by atoms with E-state index in [0.717, 1.165) is 18.2 Å². The lowest BCUT2D eigenvalue weighted by atomic mass is 10.2. The summed E-state index contributed by atoms with van der Waals surface area (Å²) < 4.78 is 31.8. The van der Waals surface area contributed by atoms with Crippen molar-refractivity contribution in [3.05, 3.63) is 58.1 Å². The smallest absolute Gasteiger partial charge is 0.340 e. The van der Waals surface area contributed by atoms with Gasteiger partial charge in [0.05, 0.1) is 11.3 Å². The zero-order valence-corrected chi connectivity index (χ0v) is 13.2. The first-order chi connectivity index (χ1) is 10.9. The predicted octanol–water partition coefficient (Wildman–Crippen LogP) is 3.11. The Morgan fingerprint density at radius 1 is 1.17 bits per heavy atom. The number of esters is 1. The van der Waals surface area contributed by atoms with Crippen LogP contribution >= 0.6 is 15.9 Å². The summed E-state index contributed by atoms with van der Waals surface area (Å²) in [5.41, 5.74) is 5.58. The summed E-state index contributed by atoms with van der Waals surface area (Å²) >= 11 is 3.18. The van der Waals surface area contributed by atoms with Gasteiger partial charge in [-0.05, 0) is 30.3 Å². The van der Waals surface area contributed by atoms with Crippen molar-refractivity contribution in [2.45, 2.75) is 0 Å². The monoisotopic (exact) mass is 384 g/mol. The molecule has 0 radical (unpaired) electrons. The minimum Gasteiger partial charge on any atom is -0.452 e. The van der Waals surface area contributed by atoms with Crippen molar-refractivity contribution in [3.63, 3.8) is 0 Å².